The average molecular weight is 364 g/mol. The molecule has 2 N–H and O–H groups in total. The summed E-state index contributed by atoms with van der Waals surface area (Å²) in [6.07, 6.45) is 20.4. The van der Waals surface area contributed by atoms with Crippen LogP contribution in [-0.2, 0) is 0 Å². The molecule has 0 saturated carbocycles. The predicted octanol–water partition coefficient (Wildman–Crippen LogP) is 4.81. The Bertz CT molecular complexity index is 1120. The van der Waals surface area contributed by atoms with Gasteiger partial charge in [-0.15, -0.1) is 5.73 Å². The normalized spacial score (nSPS) is 39.2. The smallest absolute Gasteiger partial charge is 0.0612 e. The summed E-state index contributed by atoms with van der Waals surface area (Å²) in [6, 6.07) is 9.02. The first-order valence-electron chi connectivity index (χ1n) is 10.1. The largest absolute Gasteiger partial charge is 0.267 e. The molecule has 5 aliphatic rings. The Balaban J connectivity index is 1.81. The van der Waals surface area contributed by atoms with Crippen LogP contribution in [0.3, 0.4) is 0 Å². The number of nitrogens with zero attached hydrogens (tertiary/aromatic N) is 1. The highest BCUT2D eigenvalue weighted by molar-refractivity contribution is 5.90. The summed E-state index contributed by atoms with van der Waals surface area (Å²) in [5.41, 5.74) is 10.1. The van der Waals surface area contributed by atoms with Crippen molar-refractivity contribution in [3.63, 3.8) is 0 Å². The second-order valence-corrected chi connectivity index (χ2v) is 8.96. The Morgan fingerprint density at radius 1 is 1.04 bits per heavy atom. The van der Waals surface area contributed by atoms with Crippen molar-refractivity contribution < 1.29 is 0 Å². The summed E-state index contributed by atoms with van der Waals surface area (Å²) in [5.74, 6) is 7.04. The van der Waals surface area contributed by atoms with Crippen LogP contribution in [0.25, 0.3) is 11.1 Å². The number of fused-ring (bicyclic) bond motifs is 4. The molecule has 0 fully saturated rings. The van der Waals surface area contributed by atoms with E-state index in [1.54, 1.807) is 0 Å². The Labute approximate surface area is 166 Å². The second kappa shape index (κ2) is 5.24. The molecule has 2 heteroatoms. The second-order valence-electron chi connectivity index (χ2n) is 8.96. The zero-order valence-electron chi connectivity index (χ0n) is 16.3. The zero-order chi connectivity index (χ0) is 19.1. The lowest BCUT2D eigenvalue weighted by Gasteiger charge is -2.50. The zero-order valence-corrected chi connectivity index (χ0v) is 16.3. The lowest BCUT2D eigenvalue weighted by atomic mass is 9.58. The van der Waals surface area contributed by atoms with Crippen molar-refractivity contribution in [1.82, 2.24) is 5.01 Å². The highest BCUT2D eigenvalue weighted by Gasteiger charge is 2.56. The molecule has 0 spiro atoms. The maximum atomic E-state index is 6.75. The molecule has 6 rings (SSSR count). The monoisotopic (exact) mass is 364 g/mol. The van der Waals surface area contributed by atoms with Crippen LogP contribution in [0.1, 0.15) is 25.0 Å². The van der Waals surface area contributed by atoms with Crippen LogP contribution < -0.4 is 5.84 Å². The van der Waals surface area contributed by atoms with Crippen LogP contribution in [0.4, 0.5) is 0 Å². The topological polar surface area (TPSA) is 29.3 Å². The van der Waals surface area contributed by atoms with Gasteiger partial charge in [-0.2, -0.15) is 0 Å². The third kappa shape index (κ3) is 1.81. The Morgan fingerprint density at radius 3 is 2.71 bits per heavy atom. The predicted molar refractivity (Wildman–Crippen MR) is 115 cm³/mol. The van der Waals surface area contributed by atoms with Crippen molar-refractivity contribution in [1.29, 1.82) is 0 Å². The van der Waals surface area contributed by atoms with E-state index in [1.807, 2.05) is 5.01 Å². The van der Waals surface area contributed by atoms with E-state index in [1.165, 1.54) is 27.8 Å². The van der Waals surface area contributed by atoms with E-state index < -0.39 is 0 Å². The van der Waals surface area contributed by atoms with E-state index in [4.69, 9.17) is 5.84 Å². The van der Waals surface area contributed by atoms with Gasteiger partial charge in [-0.05, 0) is 29.7 Å². The molecule has 138 valence electrons. The summed E-state index contributed by atoms with van der Waals surface area (Å²) >= 11 is 0. The van der Waals surface area contributed by atoms with Crippen molar-refractivity contribution in [3.05, 3.63) is 101 Å². The number of benzene rings is 1. The van der Waals surface area contributed by atoms with E-state index in [0.717, 1.165) is 0 Å². The molecule has 0 amide bonds. The summed E-state index contributed by atoms with van der Waals surface area (Å²) in [7, 11) is 0. The molecule has 1 heterocycles. The molecule has 28 heavy (non-hydrogen) atoms. The van der Waals surface area contributed by atoms with Gasteiger partial charge in [0.1, 0.15) is 0 Å². The first kappa shape index (κ1) is 16.3. The molecule has 1 aliphatic heterocycles. The molecule has 0 radical (unpaired) electrons. The molecule has 4 aliphatic carbocycles. The van der Waals surface area contributed by atoms with Crippen molar-refractivity contribution >= 4 is 11.1 Å². The van der Waals surface area contributed by atoms with Gasteiger partial charge in [0.2, 0.25) is 0 Å². The number of rotatable bonds is 0. The van der Waals surface area contributed by atoms with Crippen LogP contribution in [0, 0.1) is 16.7 Å². The van der Waals surface area contributed by atoms with Crippen LogP contribution in [-0.4, -0.2) is 17.1 Å². The lowest BCUT2D eigenvalue weighted by molar-refractivity contribution is 0.134. The summed E-state index contributed by atoms with van der Waals surface area (Å²) in [5, 5.41) is 2.03. The maximum absolute atomic E-state index is 6.75. The molecule has 1 aromatic carbocycles. The summed E-state index contributed by atoms with van der Waals surface area (Å²) in [6.45, 7) is 4.73. The Kier molecular flexibility index (Phi) is 3.06. The van der Waals surface area contributed by atoms with Gasteiger partial charge in [-0.25, -0.2) is 5.01 Å². The third-order valence-corrected chi connectivity index (χ3v) is 7.48. The van der Waals surface area contributed by atoms with Crippen molar-refractivity contribution in [3.8, 4) is 0 Å². The van der Waals surface area contributed by atoms with Gasteiger partial charge in [0, 0.05) is 22.3 Å². The number of hydrogen-bond donors (Lipinski definition) is 1. The van der Waals surface area contributed by atoms with Gasteiger partial charge in [0.25, 0.3) is 0 Å². The minimum atomic E-state index is -0.233. The van der Waals surface area contributed by atoms with Crippen LogP contribution in [0.15, 0.2) is 90.3 Å². The molecule has 0 saturated heterocycles. The van der Waals surface area contributed by atoms with E-state index in [2.05, 4.69) is 98.5 Å². The molecule has 5 unspecified atom stereocenters. The van der Waals surface area contributed by atoms with E-state index in [0.29, 0.717) is 5.92 Å². The van der Waals surface area contributed by atoms with E-state index in [9.17, 15) is 0 Å². The van der Waals surface area contributed by atoms with Crippen molar-refractivity contribution in [2.45, 2.75) is 25.9 Å². The standard InChI is InChI=1S/C26H24N2/c1-25-14-7-10-20-18-8-3-4-9-19(18)21-11-5-6-12-23-26(21,2)22(24(20)25)16-17(13-15-25)28(23)27/h3-10,12-17,23-24H,27H2,1-2H3. The fourth-order valence-electron chi connectivity index (χ4n) is 6.08. The van der Waals surface area contributed by atoms with Gasteiger partial charge < -0.3 is 0 Å². The number of hydrogen-bond acceptors (Lipinski definition) is 2. The highest BCUT2D eigenvalue weighted by atomic mass is 15.4. The van der Waals surface area contributed by atoms with Gasteiger partial charge in [-0.3, -0.25) is 5.84 Å². The third-order valence-electron chi connectivity index (χ3n) is 7.48. The van der Waals surface area contributed by atoms with Crippen LogP contribution in [0.5, 0.6) is 0 Å². The van der Waals surface area contributed by atoms with E-state index >= 15 is 0 Å². The minimum Gasteiger partial charge on any atom is -0.267 e. The number of allylic oxidation sites excluding steroid dienone is 6. The van der Waals surface area contributed by atoms with Gasteiger partial charge in [-0.1, -0.05) is 85.4 Å². The molecule has 0 aromatic heterocycles. The fourth-order valence-corrected chi connectivity index (χ4v) is 6.08. The summed E-state index contributed by atoms with van der Waals surface area (Å²) < 4.78 is 0. The highest BCUT2D eigenvalue weighted by Crippen LogP contribution is 2.62. The van der Waals surface area contributed by atoms with E-state index in [-0.39, 0.29) is 22.9 Å². The maximum Gasteiger partial charge on any atom is 0.0612 e. The molecular formula is C26H24N2. The SMILES string of the molecule is CC12C=CC=C3c4ccccc4C4=C=CC=CC5N(N)C(C=C1)C=C(C32)C45C. The van der Waals surface area contributed by atoms with Crippen LogP contribution in [0.2, 0.25) is 0 Å². The summed E-state index contributed by atoms with van der Waals surface area (Å²) in [4.78, 5) is 0. The quantitative estimate of drug-likeness (QED) is 0.406. The number of hydrazine groups is 1. The number of nitrogens with two attached hydrogens (primary N) is 1. The first-order chi connectivity index (χ1) is 13.5. The molecular weight excluding hydrogens is 340 g/mol. The molecule has 2 nitrogen and oxygen atoms in total. The Hall–Kier alpha value is -2.64. The van der Waals surface area contributed by atoms with Crippen LogP contribution >= 0.6 is 0 Å². The van der Waals surface area contributed by atoms with Crippen molar-refractivity contribution in [2.24, 2.45) is 22.6 Å². The molecule has 5 atom stereocenters. The molecule has 2 bridgehead atoms. The first-order valence-corrected chi connectivity index (χ1v) is 10.1. The van der Waals surface area contributed by atoms with Gasteiger partial charge in [0.15, 0.2) is 0 Å². The fraction of sp³-hybridized carbons (Fsp3) is 0.269. The van der Waals surface area contributed by atoms with Gasteiger partial charge in [0.05, 0.1) is 12.1 Å². The van der Waals surface area contributed by atoms with Gasteiger partial charge >= 0.3 is 0 Å². The molecule has 1 aromatic rings. The Morgan fingerprint density at radius 2 is 1.86 bits per heavy atom. The lowest BCUT2D eigenvalue weighted by Crippen LogP contribution is -2.57. The average Bonchev–Trinajstić information content (AvgIpc) is 3.00. The minimum absolute atomic E-state index is 0.0638. The van der Waals surface area contributed by atoms with Crippen molar-refractivity contribution in [2.75, 3.05) is 0 Å².